The Bertz CT molecular complexity index is 658. The fourth-order valence-corrected chi connectivity index (χ4v) is 3.35. The lowest BCUT2D eigenvalue weighted by molar-refractivity contribution is -0.140. The predicted molar refractivity (Wildman–Crippen MR) is 89.8 cm³/mol. The Labute approximate surface area is 137 Å². The highest BCUT2D eigenvalue weighted by Gasteiger charge is 2.42. The third-order valence-corrected chi connectivity index (χ3v) is 4.48. The fourth-order valence-electron chi connectivity index (χ4n) is 3.35. The maximum Gasteiger partial charge on any atom is 0.253 e. The monoisotopic (exact) mass is 310 g/mol. The molecule has 2 aliphatic rings. The third-order valence-electron chi connectivity index (χ3n) is 4.48. The highest BCUT2D eigenvalue weighted by atomic mass is 16.5. The number of rotatable bonds is 3. The Morgan fingerprint density at radius 3 is 2.78 bits per heavy atom. The second-order valence-corrected chi connectivity index (χ2v) is 6.75. The average molecular weight is 310 g/mol. The summed E-state index contributed by atoms with van der Waals surface area (Å²) in [5.74, 6) is 2.31. The van der Waals surface area contributed by atoms with Crippen molar-refractivity contribution < 1.29 is 9.53 Å². The molecule has 1 saturated heterocycles. The first kappa shape index (κ1) is 15.8. The molecular weight excluding hydrogens is 288 g/mol. The van der Waals surface area contributed by atoms with Crippen molar-refractivity contribution in [1.82, 2.24) is 5.01 Å². The van der Waals surface area contributed by atoms with Crippen LogP contribution in [-0.4, -0.2) is 34.9 Å². The number of ether oxygens (including phenoxy) is 1. The van der Waals surface area contributed by atoms with E-state index >= 15 is 0 Å². The summed E-state index contributed by atoms with van der Waals surface area (Å²) < 4.78 is 5.76. The molecule has 3 rings (SSSR count). The van der Waals surface area contributed by atoms with Crippen molar-refractivity contribution in [3.8, 4) is 12.3 Å². The van der Waals surface area contributed by atoms with Crippen LogP contribution in [0.15, 0.2) is 35.4 Å². The van der Waals surface area contributed by atoms with Gasteiger partial charge < -0.3 is 4.74 Å². The zero-order valence-electron chi connectivity index (χ0n) is 13.7. The van der Waals surface area contributed by atoms with Crippen LogP contribution in [0.3, 0.4) is 0 Å². The van der Waals surface area contributed by atoms with Crippen LogP contribution >= 0.6 is 0 Å². The van der Waals surface area contributed by atoms with E-state index in [-0.39, 0.29) is 23.5 Å². The summed E-state index contributed by atoms with van der Waals surface area (Å²) in [5, 5.41) is 6.34. The van der Waals surface area contributed by atoms with Crippen LogP contribution < -0.4 is 0 Å². The molecule has 0 bridgehead atoms. The standard InChI is InChI=1S/C19H22N2O2/c1-4-8-16-17(14-9-6-5-7-10-14)20-21(18(16)22)15-11-12-23-19(2,3)13-15/h1,5-7,9-10,15-16H,8,11-13H2,2-3H3/t15-,16+/m1/s1. The summed E-state index contributed by atoms with van der Waals surface area (Å²) in [7, 11) is 0. The minimum absolute atomic E-state index is 0.0181. The Balaban J connectivity index is 1.91. The number of hydrogen-bond donors (Lipinski definition) is 0. The minimum atomic E-state index is -0.339. The fraction of sp³-hybridized carbons (Fsp3) is 0.474. The molecular formula is C19H22N2O2. The van der Waals surface area contributed by atoms with Crippen LogP contribution in [0.25, 0.3) is 0 Å². The van der Waals surface area contributed by atoms with Crippen LogP contribution in [0.4, 0.5) is 0 Å². The van der Waals surface area contributed by atoms with Gasteiger partial charge in [-0.1, -0.05) is 30.3 Å². The zero-order chi connectivity index (χ0) is 16.4. The number of carbonyl (C=O) groups is 1. The first-order valence-corrected chi connectivity index (χ1v) is 8.06. The summed E-state index contributed by atoms with van der Waals surface area (Å²) in [5.41, 5.74) is 1.53. The lowest BCUT2D eigenvalue weighted by atomic mass is 9.91. The number of hydrazone groups is 1. The maximum absolute atomic E-state index is 12.9. The second-order valence-electron chi connectivity index (χ2n) is 6.75. The van der Waals surface area contributed by atoms with Crippen molar-refractivity contribution >= 4 is 11.6 Å². The molecule has 0 N–H and O–H groups in total. The third kappa shape index (κ3) is 3.16. The van der Waals surface area contributed by atoms with E-state index in [4.69, 9.17) is 11.2 Å². The van der Waals surface area contributed by atoms with E-state index in [0.717, 1.165) is 24.1 Å². The summed E-state index contributed by atoms with van der Waals surface area (Å²) in [4.78, 5) is 12.9. The quantitative estimate of drug-likeness (QED) is 0.806. The molecule has 1 amide bonds. The Morgan fingerprint density at radius 1 is 1.39 bits per heavy atom. The largest absolute Gasteiger partial charge is 0.375 e. The molecule has 0 unspecified atom stereocenters. The van der Waals surface area contributed by atoms with Gasteiger partial charge in [-0.15, -0.1) is 12.3 Å². The molecule has 23 heavy (non-hydrogen) atoms. The average Bonchev–Trinajstić information content (AvgIpc) is 2.85. The molecule has 120 valence electrons. The smallest absolute Gasteiger partial charge is 0.253 e. The van der Waals surface area contributed by atoms with Gasteiger partial charge in [0.1, 0.15) is 0 Å². The van der Waals surface area contributed by atoms with Gasteiger partial charge in [0.15, 0.2) is 0 Å². The topological polar surface area (TPSA) is 41.9 Å². The van der Waals surface area contributed by atoms with Crippen LogP contribution in [-0.2, 0) is 9.53 Å². The van der Waals surface area contributed by atoms with E-state index in [1.807, 2.05) is 30.3 Å². The number of carbonyl (C=O) groups excluding carboxylic acids is 1. The summed E-state index contributed by atoms with van der Waals surface area (Å²) in [6, 6.07) is 9.90. The maximum atomic E-state index is 12.9. The highest BCUT2D eigenvalue weighted by Crippen LogP contribution is 2.32. The first-order chi connectivity index (χ1) is 11.0. The molecule has 1 aromatic carbocycles. The van der Waals surface area contributed by atoms with Gasteiger partial charge in [0.2, 0.25) is 0 Å². The molecule has 0 saturated carbocycles. The van der Waals surface area contributed by atoms with Crippen molar-refractivity contribution in [3.63, 3.8) is 0 Å². The van der Waals surface area contributed by atoms with Crippen molar-refractivity contribution in [3.05, 3.63) is 35.9 Å². The van der Waals surface area contributed by atoms with Crippen molar-refractivity contribution in [1.29, 1.82) is 0 Å². The lowest BCUT2D eigenvalue weighted by Crippen LogP contribution is -2.45. The molecule has 4 nitrogen and oxygen atoms in total. The molecule has 2 aliphatic heterocycles. The molecule has 2 heterocycles. The van der Waals surface area contributed by atoms with Gasteiger partial charge in [0.25, 0.3) is 5.91 Å². The van der Waals surface area contributed by atoms with Gasteiger partial charge in [-0.05, 0) is 32.3 Å². The second kappa shape index (κ2) is 6.17. The molecule has 1 aromatic rings. The van der Waals surface area contributed by atoms with E-state index in [1.165, 1.54) is 0 Å². The van der Waals surface area contributed by atoms with E-state index in [2.05, 4.69) is 24.9 Å². The van der Waals surface area contributed by atoms with Gasteiger partial charge in [0.05, 0.1) is 23.3 Å². The zero-order valence-corrected chi connectivity index (χ0v) is 13.7. The number of amides is 1. The molecule has 0 radical (unpaired) electrons. The van der Waals surface area contributed by atoms with Crippen molar-refractivity contribution in [2.45, 2.75) is 44.8 Å². The molecule has 1 fully saturated rings. The van der Waals surface area contributed by atoms with Gasteiger partial charge in [-0.2, -0.15) is 5.10 Å². The van der Waals surface area contributed by atoms with Crippen LogP contribution in [0, 0.1) is 18.3 Å². The van der Waals surface area contributed by atoms with Crippen LogP contribution in [0.2, 0.25) is 0 Å². The van der Waals surface area contributed by atoms with Crippen LogP contribution in [0.1, 0.15) is 38.7 Å². The van der Waals surface area contributed by atoms with E-state index in [9.17, 15) is 4.79 Å². The number of hydrogen-bond acceptors (Lipinski definition) is 3. The van der Waals surface area contributed by atoms with Crippen molar-refractivity contribution in [2.24, 2.45) is 11.0 Å². The van der Waals surface area contributed by atoms with Crippen molar-refractivity contribution in [2.75, 3.05) is 6.61 Å². The summed E-state index contributed by atoms with van der Waals surface area (Å²) in [6.45, 7) is 4.76. The number of terminal acetylenes is 1. The summed E-state index contributed by atoms with van der Waals surface area (Å²) >= 11 is 0. The Hall–Kier alpha value is -2.12. The summed E-state index contributed by atoms with van der Waals surface area (Å²) in [6.07, 6.45) is 7.46. The highest BCUT2D eigenvalue weighted by molar-refractivity contribution is 6.16. The predicted octanol–water partition coefficient (Wildman–Crippen LogP) is 2.83. The van der Waals surface area contributed by atoms with E-state index < -0.39 is 0 Å². The SMILES string of the molecule is C#CC[C@@H]1C(=O)N([C@@H]2CCOC(C)(C)C2)N=C1c1ccccc1. The molecule has 0 spiro atoms. The lowest BCUT2D eigenvalue weighted by Gasteiger charge is -2.38. The van der Waals surface area contributed by atoms with Gasteiger partial charge in [-0.3, -0.25) is 4.79 Å². The Kier molecular flexibility index (Phi) is 4.23. The van der Waals surface area contributed by atoms with E-state index in [0.29, 0.717) is 13.0 Å². The number of benzene rings is 1. The van der Waals surface area contributed by atoms with Gasteiger partial charge in [-0.25, -0.2) is 5.01 Å². The normalized spacial score (nSPS) is 26.7. The minimum Gasteiger partial charge on any atom is -0.375 e. The molecule has 4 heteroatoms. The van der Waals surface area contributed by atoms with Gasteiger partial charge in [0, 0.05) is 13.0 Å². The van der Waals surface area contributed by atoms with Crippen LogP contribution in [0.5, 0.6) is 0 Å². The van der Waals surface area contributed by atoms with E-state index in [1.54, 1.807) is 5.01 Å². The molecule has 2 atom stereocenters. The van der Waals surface area contributed by atoms with Gasteiger partial charge >= 0.3 is 0 Å². The molecule has 0 aliphatic carbocycles. The first-order valence-electron chi connectivity index (χ1n) is 8.06. The molecule has 0 aromatic heterocycles. The number of nitrogens with zero attached hydrogens (tertiary/aromatic N) is 2. The Morgan fingerprint density at radius 2 is 2.13 bits per heavy atom.